The molecule has 0 aliphatic heterocycles. The van der Waals surface area contributed by atoms with Crippen LogP contribution in [0.1, 0.15) is 11.1 Å². The molecule has 0 aliphatic rings. The molecule has 2 rings (SSSR count). The zero-order valence-corrected chi connectivity index (χ0v) is 11.9. The van der Waals surface area contributed by atoms with Crippen LogP contribution in [0.5, 0.6) is 0 Å². The lowest BCUT2D eigenvalue weighted by Crippen LogP contribution is -2.04. The molecule has 0 fully saturated rings. The maximum Gasteiger partial charge on any atom is 0.309 e. The molecule has 0 heterocycles. The molecule has 0 aliphatic carbocycles. The largest absolute Gasteiger partial charge is 0.375 e. The summed E-state index contributed by atoms with van der Waals surface area (Å²) in [4.78, 5) is 10.5. The molecule has 5 nitrogen and oxygen atoms in total. The van der Waals surface area contributed by atoms with Gasteiger partial charge in [-0.05, 0) is 23.8 Å². The molecule has 0 saturated carbocycles. The third-order valence-corrected chi connectivity index (χ3v) is 3.54. The van der Waals surface area contributed by atoms with Gasteiger partial charge in [0.2, 0.25) is 0 Å². The van der Waals surface area contributed by atoms with Crippen molar-refractivity contribution in [3.63, 3.8) is 0 Å². The predicted octanol–water partition coefficient (Wildman–Crippen LogP) is 3.84. The first-order valence-corrected chi connectivity index (χ1v) is 6.57. The van der Waals surface area contributed by atoms with Gasteiger partial charge in [0, 0.05) is 11.0 Å². The van der Waals surface area contributed by atoms with Crippen LogP contribution in [-0.2, 0) is 6.54 Å². The van der Waals surface area contributed by atoms with Crippen LogP contribution in [0.3, 0.4) is 0 Å². The van der Waals surface area contributed by atoms with E-state index >= 15 is 0 Å². The summed E-state index contributed by atoms with van der Waals surface area (Å²) in [6, 6.07) is 14.1. The normalized spacial score (nSPS) is 9.80. The fourth-order valence-corrected chi connectivity index (χ4v) is 2.23. The van der Waals surface area contributed by atoms with Crippen molar-refractivity contribution in [2.75, 3.05) is 5.32 Å². The summed E-state index contributed by atoms with van der Waals surface area (Å²) in [6.45, 7) is 0.428. The predicted molar refractivity (Wildman–Crippen MR) is 79.3 cm³/mol. The van der Waals surface area contributed by atoms with Crippen LogP contribution < -0.4 is 5.32 Å². The number of anilines is 1. The Balaban J connectivity index is 2.29. The second-order valence-electron chi connectivity index (χ2n) is 4.02. The Labute approximate surface area is 124 Å². The molecule has 0 saturated heterocycles. The first-order chi connectivity index (χ1) is 9.63. The third kappa shape index (κ3) is 2.95. The molecule has 100 valence electrons. The van der Waals surface area contributed by atoms with Crippen molar-refractivity contribution in [2.24, 2.45) is 0 Å². The molecule has 1 N–H and O–H groups in total. The van der Waals surface area contributed by atoms with E-state index in [-0.39, 0.29) is 11.3 Å². The average molecular weight is 332 g/mol. The molecule has 0 unspecified atom stereocenters. The van der Waals surface area contributed by atoms with Gasteiger partial charge in [-0.3, -0.25) is 10.1 Å². The molecule has 0 bridgehead atoms. The van der Waals surface area contributed by atoms with Gasteiger partial charge in [0.05, 0.1) is 4.92 Å². The number of nitriles is 1. The molecule has 2 aromatic carbocycles. The fourth-order valence-electron chi connectivity index (χ4n) is 1.81. The summed E-state index contributed by atoms with van der Waals surface area (Å²) in [6.07, 6.45) is 0. The van der Waals surface area contributed by atoms with Crippen molar-refractivity contribution >= 4 is 27.3 Å². The number of hydrogen-bond donors (Lipinski definition) is 1. The molecule has 0 aromatic heterocycles. The highest BCUT2D eigenvalue weighted by Gasteiger charge is 2.19. The van der Waals surface area contributed by atoms with Gasteiger partial charge in [0.25, 0.3) is 0 Å². The summed E-state index contributed by atoms with van der Waals surface area (Å²) in [7, 11) is 0. The number of halogens is 1. The van der Waals surface area contributed by atoms with Crippen LogP contribution in [-0.4, -0.2) is 4.92 Å². The molecule has 0 spiro atoms. The molecule has 0 atom stereocenters. The van der Waals surface area contributed by atoms with Gasteiger partial charge in [-0.2, -0.15) is 5.26 Å². The second-order valence-corrected chi connectivity index (χ2v) is 4.87. The summed E-state index contributed by atoms with van der Waals surface area (Å²) < 4.78 is 0.923. The third-order valence-electron chi connectivity index (χ3n) is 2.77. The number of nitro groups is 1. The highest BCUT2D eigenvalue weighted by molar-refractivity contribution is 9.10. The monoisotopic (exact) mass is 331 g/mol. The number of hydrogen-bond acceptors (Lipinski definition) is 4. The van der Waals surface area contributed by atoms with Crippen LogP contribution in [0, 0.1) is 21.4 Å². The van der Waals surface area contributed by atoms with Gasteiger partial charge in [-0.25, -0.2) is 0 Å². The van der Waals surface area contributed by atoms with Crippen LogP contribution in [0.4, 0.5) is 11.4 Å². The molecule has 0 radical (unpaired) electrons. The standard InChI is InChI=1S/C14H10BrN3O2/c15-12-6-2-1-4-11(12)9-17-13-7-3-5-10(8-16)14(13)18(19)20/h1-7,17H,9H2. The Hall–Kier alpha value is -2.39. The van der Waals surface area contributed by atoms with E-state index < -0.39 is 4.92 Å². The number of rotatable bonds is 4. The lowest BCUT2D eigenvalue weighted by Gasteiger charge is -2.09. The first-order valence-electron chi connectivity index (χ1n) is 5.78. The highest BCUT2D eigenvalue weighted by atomic mass is 79.9. The van der Waals surface area contributed by atoms with Crippen molar-refractivity contribution < 1.29 is 4.92 Å². The molecule has 20 heavy (non-hydrogen) atoms. The SMILES string of the molecule is N#Cc1cccc(NCc2ccccc2Br)c1[N+](=O)[O-]. The van der Waals surface area contributed by atoms with E-state index in [1.165, 1.54) is 6.07 Å². The minimum absolute atomic E-state index is 0.0483. The van der Waals surface area contributed by atoms with E-state index in [9.17, 15) is 10.1 Å². The van der Waals surface area contributed by atoms with Crippen molar-refractivity contribution in [1.82, 2.24) is 0 Å². The summed E-state index contributed by atoms with van der Waals surface area (Å²) in [5.74, 6) is 0. The Morgan fingerprint density at radius 3 is 2.65 bits per heavy atom. The zero-order chi connectivity index (χ0) is 14.5. The highest BCUT2D eigenvalue weighted by Crippen LogP contribution is 2.29. The van der Waals surface area contributed by atoms with E-state index in [1.54, 1.807) is 12.1 Å². The van der Waals surface area contributed by atoms with E-state index in [0.29, 0.717) is 12.2 Å². The van der Waals surface area contributed by atoms with Gasteiger partial charge in [-0.1, -0.05) is 40.2 Å². The molecular weight excluding hydrogens is 322 g/mol. The first kappa shape index (κ1) is 14.0. The summed E-state index contributed by atoms with van der Waals surface area (Å²) in [5.41, 5.74) is 1.17. The molecule has 0 amide bonds. The maximum absolute atomic E-state index is 11.1. The smallest absolute Gasteiger partial charge is 0.309 e. The molecule has 6 heteroatoms. The number of nitrogens with zero attached hydrogens (tertiary/aromatic N) is 2. The maximum atomic E-state index is 11.1. The molecule has 2 aromatic rings. The quantitative estimate of drug-likeness (QED) is 0.681. The number of nitrogens with one attached hydrogen (secondary N) is 1. The lowest BCUT2D eigenvalue weighted by atomic mass is 10.1. The van der Waals surface area contributed by atoms with Gasteiger partial charge >= 0.3 is 5.69 Å². The molecular formula is C14H10BrN3O2. The van der Waals surface area contributed by atoms with Gasteiger partial charge in [0.1, 0.15) is 17.3 Å². The van der Waals surface area contributed by atoms with Crippen LogP contribution in [0.2, 0.25) is 0 Å². The van der Waals surface area contributed by atoms with Crippen molar-refractivity contribution in [3.8, 4) is 6.07 Å². The van der Waals surface area contributed by atoms with Gasteiger partial charge in [-0.15, -0.1) is 0 Å². The summed E-state index contributed by atoms with van der Waals surface area (Å²) >= 11 is 3.42. The fraction of sp³-hybridized carbons (Fsp3) is 0.0714. The Morgan fingerprint density at radius 2 is 2.00 bits per heavy atom. The van der Waals surface area contributed by atoms with Gasteiger partial charge < -0.3 is 5.32 Å². The van der Waals surface area contributed by atoms with Crippen molar-refractivity contribution in [1.29, 1.82) is 5.26 Å². The van der Waals surface area contributed by atoms with Crippen LogP contribution >= 0.6 is 15.9 Å². The number of benzene rings is 2. The van der Waals surface area contributed by atoms with Crippen molar-refractivity contribution in [2.45, 2.75) is 6.54 Å². The van der Waals surface area contributed by atoms with Gasteiger partial charge in [0.15, 0.2) is 0 Å². The Bertz CT molecular complexity index is 695. The van der Waals surface area contributed by atoms with Crippen molar-refractivity contribution in [3.05, 3.63) is 68.2 Å². The van der Waals surface area contributed by atoms with Crippen LogP contribution in [0.25, 0.3) is 0 Å². The van der Waals surface area contributed by atoms with E-state index in [1.807, 2.05) is 30.3 Å². The number of nitro benzene ring substituents is 1. The Morgan fingerprint density at radius 1 is 1.25 bits per heavy atom. The van der Waals surface area contributed by atoms with E-state index in [4.69, 9.17) is 5.26 Å². The lowest BCUT2D eigenvalue weighted by molar-refractivity contribution is -0.384. The summed E-state index contributed by atoms with van der Waals surface area (Å²) in [5, 5.41) is 23.0. The number of para-hydroxylation sites is 1. The van der Waals surface area contributed by atoms with E-state index in [0.717, 1.165) is 10.0 Å². The second kappa shape index (κ2) is 6.17. The Kier molecular flexibility index (Phi) is 4.33. The van der Waals surface area contributed by atoms with E-state index in [2.05, 4.69) is 21.2 Å². The average Bonchev–Trinajstić information content (AvgIpc) is 2.45. The topological polar surface area (TPSA) is 79.0 Å². The minimum Gasteiger partial charge on any atom is -0.375 e. The zero-order valence-electron chi connectivity index (χ0n) is 10.3. The van der Waals surface area contributed by atoms with Crippen LogP contribution in [0.15, 0.2) is 46.9 Å². The minimum atomic E-state index is -0.541.